The molecule has 96 valence electrons. The molecule has 1 amide bonds. The Morgan fingerprint density at radius 3 is 2.59 bits per heavy atom. The number of nitriles is 1. The van der Waals surface area contributed by atoms with Gasteiger partial charge < -0.3 is 4.90 Å². The van der Waals surface area contributed by atoms with Crippen molar-refractivity contribution in [2.24, 2.45) is 11.8 Å². The van der Waals surface area contributed by atoms with Gasteiger partial charge in [-0.1, -0.05) is 20.8 Å². The molecule has 1 saturated heterocycles. The highest BCUT2D eigenvalue weighted by Crippen LogP contribution is 2.17. The minimum atomic E-state index is -0.490. The lowest BCUT2D eigenvalue weighted by atomic mass is 9.95. The molecule has 1 rings (SSSR count). The maximum Gasteiger partial charge on any atom is 0.240 e. The first-order chi connectivity index (χ1) is 8.01. The van der Waals surface area contributed by atoms with Crippen molar-refractivity contribution in [1.29, 1.82) is 5.26 Å². The van der Waals surface area contributed by atoms with Gasteiger partial charge in [-0.15, -0.1) is 0 Å². The molecule has 1 heterocycles. The van der Waals surface area contributed by atoms with Crippen LogP contribution in [0.3, 0.4) is 0 Å². The second kappa shape index (κ2) is 6.02. The molecule has 0 aromatic carbocycles. The van der Waals surface area contributed by atoms with Crippen LogP contribution in [0.5, 0.6) is 0 Å². The Bertz CT molecular complexity index is 308. The van der Waals surface area contributed by atoms with Crippen LogP contribution in [0.2, 0.25) is 0 Å². The van der Waals surface area contributed by atoms with E-state index in [2.05, 4.69) is 24.9 Å². The molecule has 2 unspecified atom stereocenters. The largest absolute Gasteiger partial charge is 0.339 e. The number of rotatable bonds is 3. The lowest BCUT2D eigenvalue weighted by molar-refractivity contribution is -0.137. The number of likely N-dealkylation sites (N-methyl/N-ethyl adjacent to an activating group) is 1. The zero-order valence-electron chi connectivity index (χ0n) is 11.3. The predicted molar refractivity (Wildman–Crippen MR) is 67.2 cm³/mol. The third kappa shape index (κ3) is 3.19. The maximum absolute atomic E-state index is 12.2. The molecule has 4 heteroatoms. The Morgan fingerprint density at radius 1 is 1.47 bits per heavy atom. The number of hydrogen-bond acceptors (Lipinski definition) is 3. The van der Waals surface area contributed by atoms with E-state index in [-0.39, 0.29) is 11.8 Å². The van der Waals surface area contributed by atoms with Crippen molar-refractivity contribution in [3.8, 4) is 6.07 Å². The first-order valence-electron chi connectivity index (χ1n) is 6.39. The van der Waals surface area contributed by atoms with Gasteiger partial charge >= 0.3 is 0 Å². The van der Waals surface area contributed by atoms with Gasteiger partial charge in [0, 0.05) is 25.7 Å². The number of hydrogen-bond donors (Lipinski definition) is 0. The average Bonchev–Trinajstić information content (AvgIpc) is 2.29. The van der Waals surface area contributed by atoms with Crippen LogP contribution in [-0.4, -0.2) is 48.4 Å². The molecule has 0 aromatic heterocycles. The highest BCUT2D eigenvalue weighted by Gasteiger charge is 2.31. The predicted octanol–water partition coefficient (Wildman–Crippen LogP) is 1.33. The lowest BCUT2D eigenvalue weighted by Crippen LogP contribution is -2.54. The van der Waals surface area contributed by atoms with E-state index < -0.39 is 5.92 Å². The molecule has 0 radical (unpaired) electrons. The normalized spacial score (nSPS) is 23.5. The molecule has 0 spiro atoms. The van der Waals surface area contributed by atoms with Gasteiger partial charge in [-0.25, -0.2) is 0 Å². The van der Waals surface area contributed by atoms with Crippen molar-refractivity contribution in [1.82, 2.24) is 9.80 Å². The summed E-state index contributed by atoms with van der Waals surface area (Å²) in [5.74, 6) is -0.391. The summed E-state index contributed by atoms with van der Waals surface area (Å²) >= 11 is 0. The SMILES string of the molecule is CCC1CN(C(=O)C(C#N)C(C)C)CCN1C. The summed E-state index contributed by atoms with van der Waals surface area (Å²) < 4.78 is 0. The monoisotopic (exact) mass is 237 g/mol. The second-order valence-electron chi connectivity index (χ2n) is 5.18. The second-order valence-corrected chi connectivity index (χ2v) is 5.18. The van der Waals surface area contributed by atoms with Crippen LogP contribution in [0.15, 0.2) is 0 Å². The molecule has 0 aliphatic carbocycles. The van der Waals surface area contributed by atoms with Gasteiger partial charge in [0.1, 0.15) is 5.92 Å². The molecule has 2 atom stereocenters. The van der Waals surface area contributed by atoms with E-state index in [9.17, 15) is 4.79 Å². The van der Waals surface area contributed by atoms with Crippen molar-refractivity contribution in [3.63, 3.8) is 0 Å². The van der Waals surface area contributed by atoms with Crippen molar-refractivity contribution in [3.05, 3.63) is 0 Å². The van der Waals surface area contributed by atoms with E-state index in [1.165, 1.54) is 0 Å². The first kappa shape index (κ1) is 14.0. The van der Waals surface area contributed by atoms with Crippen LogP contribution in [0.4, 0.5) is 0 Å². The van der Waals surface area contributed by atoms with Gasteiger partial charge in [-0.05, 0) is 19.4 Å². The maximum atomic E-state index is 12.2. The number of amides is 1. The van der Waals surface area contributed by atoms with Crippen LogP contribution in [-0.2, 0) is 4.79 Å². The Morgan fingerprint density at radius 2 is 2.12 bits per heavy atom. The fraction of sp³-hybridized carbons (Fsp3) is 0.846. The Kier molecular flexibility index (Phi) is 4.95. The minimum absolute atomic E-state index is 0.00838. The van der Waals surface area contributed by atoms with E-state index >= 15 is 0 Å². The molecule has 0 saturated carbocycles. The molecule has 1 aliphatic rings. The summed E-state index contributed by atoms with van der Waals surface area (Å²) in [5.41, 5.74) is 0. The van der Waals surface area contributed by atoms with E-state index in [1.54, 1.807) is 0 Å². The van der Waals surface area contributed by atoms with Gasteiger partial charge in [0.2, 0.25) is 5.91 Å². The molecule has 1 aliphatic heterocycles. The number of piperazine rings is 1. The summed E-state index contributed by atoms with van der Waals surface area (Å²) in [6.07, 6.45) is 1.04. The smallest absolute Gasteiger partial charge is 0.240 e. The van der Waals surface area contributed by atoms with Crippen molar-refractivity contribution in [2.75, 3.05) is 26.7 Å². The first-order valence-corrected chi connectivity index (χ1v) is 6.39. The quantitative estimate of drug-likeness (QED) is 0.744. The van der Waals surface area contributed by atoms with Crippen molar-refractivity contribution in [2.45, 2.75) is 33.2 Å². The average molecular weight is 237 g/mol. The number of carbonyl (C=O) groups excluding carboxylic acids is 1. The lowest BCUT2D eigenvalue weighted by Gasteiger charge is -2.40. The summed E-state index contributed by atoms with van der Waals surface area (Å²) in [6, 6.07) is 2.57. The molecule has 0 aromatic rings. The van der Waals surface area contributed by atoms with E-state index in [0.717, 1.165) is 26.1 Å². The van der Waals surface area contributed by atoms with E-state index in [0.29, 0.717) is 6.04 Å². The third-order valence-corrected chi connectivity index (χ3v) is 3.63. The molecule has 1 fully saturated rings. The van der Waals surface area contributed by atoms with Crippen LogP contribution in [0.25, 0.3) is 0 Å². The van der Waals surface area contributed by atoms with Gasteiger partial charge in [0.15, 0.2) is 0 Å². The minimum Gasteiger partial charge on any atom is -0.339 e. The fourth-order valence-corrected chi connectivity index (χ4v) is 2.27. The topological polar surface area (TPSA) is 47.3 Å². The fourth-order valence-electron chi connectivity index (χ4n) is 2.27. The molecular formula is C13H23N3O. The van der Waals surface area contributed by atoms with Crippen molar-refractivity contribution >= 4 is 5.91 Å². The Hall–Kier alpha value is -1.08. The number of nitrogens with zero attached hydrogens (tertiary/aromatic N) is 3. The molecule has 4 nitrogen and oxygen atoms in total. The third-order valence-electron chi connectivity index (χ3n) is 3.63. The molecule has 0 N–H and O–H groups in total. The Balaban J connectivity index is 2.68. The van der Waals surface area contributed by atoms with Gasteiger partial charge in [-0.3, -0.25) is 9.69 Å². The van der Waals surface area contributed by atoms with Gasteiger partial charge in [-0.2, -0.15) is 5.26 Å². The standard InChI is InChI=1S/C13H23N3O/c1-5-11-9-16(7-6-15(11)4)13(17)12(8-14)10(2)3/h10-12H,5-7,9H2,1-4H3. The van der Waals surface area contributed by atoms with Crippen LogP contribution in [0.1, 0.15) is 27.2 Å². The van der Waals surface area contributed by atoms with Crippen LogP contribution < -0.4 is 0 Å². The van der Waals surface area contributed by atoms with Crippen molar-refractivity contribution < 1.29 is 4.79 Å². The van der Waals surface area contributed by atoms with E-state index in [1.807, 2.05) is 18.7 Å². The summed E-state index contributed by atoms with van der Waals surface area (Å²) in [4.78, 5) is 16.4. The molecular weight excluding hydrogens is 214 g/mol. The zero-order chi connectivity index (χ0) is 13.0. The molecule has 0 bridgehead atoms. The highest BCUT2D eigenvalue weighted by molar-refractivity contribution is 5.81. The summed E-state index contributed by atoms with van der Waals surface area (Å²) in [7, 11) is 2.10. The van der Waals surface area contributed by atoms with Gasteiger partial charge in [0.25, 0.3) is 0 Å². The van der Waals surface area contributed by atoms with E-state index in [4.69, 9.17) is 5.26 Å². The van der Waals surface area contributed by atoms with Crippen LogP contribution >= 0.6 is 0 Å². The Labute approximate surface area is 104 Å². The summed E-state index contributed by atoms with van der Waals surface area (Å²) in [5, 5.41) is 9.06. The highest BCUT2D eigenvalue weighted by atomic mass is 16.2. The van der Waals surface area contributed by atoms with Gasteiger partial charge in [0.05, 0.1) is 6.07 Å². The molecule has 17 heavy (non-hydrogen) atoms. The zero-order valence-corrected chi connectivity index (χ0v) is 11.3. The number of carbonyl (C=O) groups is 1. The van der Waals surface area contributed by atoms with Crippen LogP contribution in [0, 0.1) is 23.2 Å². The summed E-state index contributed by atoms with van der Waals surface area (Å²) in [6.45, 7) is 8.41.